The van der Waals surface area contributed by atoms with E-state index < -0.39 is 83.6 Å². The summed E-state index contributed by atoms with van der Waals surface area (Å²) >= 11 is 0. The van der Waals surface area contributed by atoms with E-state index in [-0.39, 0.29) is 37.2 Å². The highest BCUT2D eigenvalue weighted by Gasteiger charge is 2.53. The summed E-state index contributed by atoms with van der Waals surface area (Å²) in [4.78, 5) is 48.1. The van der Waals surface area contributed by atoms with Crippen LogP contribution in [0, 0.1) is 23.7 Å². The molecule has 0 amide bonds. The number of Topliss-reactive ketones (excluding diaryl/α,β-unsaturated/α-hetero) is 1. The molecule has 1 aromatic rings. The van der Waals surface area contributed by atoms with Crippen molar-refractivity contribution in [1.29, 1.82) is 0 Å². The topological polar surface area (TPSA) is 163 Å². The van der Waals surface area contributed by atoms with Crippen molar-refractivity contribution in [2.75, 3.05) is 27.8 Å². The van der Waals surface area contributed by atoms with Crippen molar-refractivity contribution in [3.05, 3.63) is 42.7 Å². The highest BCUT2D eigenvalue weighted by atomic mass is 16.7. The summed E-state index contributed by atoms with van der Waals surface area (Å²) in [6, 6.07) is 5.09. The van der Waals surface area contributed by atoms with Gasteiger partial charge in [0.25, 0.3) is 0 Å². The molecule has 53 heavy (non-hydrogen) atoms. The van der Waals surface area contributed by atoms with Gasteiger partial charge in [-0.15, -0.1) is 6.58 Å². The summed E-state index contributed by atoms with van der Waals surface area (Å²) in [6.45, 7) is 18.0. The van der Waals surface area contributed by atoms with E-state index in [1.54, 1.807) is 73.0 Å². The summed E-state index contributed by atoms with van der Waals surface area (Å²) in [6.07, 6.45) is -2.43. The van der Waals surface area contributed by atoms with Crippen LogP contribution in [-0.4, -0.2) is 126 Å². The zero-order valence-corrected chi connectivity index (χ0v) is 33.5. The van der Waals surface area contributed by atoms with E-state index in [9.17, 15) is 24.6 Å². The van der Waals surface area contributed by atoms with E-state index in [4.69, 9.17) is 28.4 Å². The van der Waals surface area contributed by atoms with Crippen LogP contribution >= 0.6 is 0 Å². The van der Waals surface area contributed by atoms with Gasteiger partial charge in [-0.2, -0.15) is 0 Å². The molecular formula is C40H64N2O11. The van der Waals surface area contributed by atoms with Crippen LogP contribution in [0.5, 0.6) is 0 Å². The van der Waals surface area contributed by atoms with Gasteiger partial charge in [0.2, 0.25) is 0 Å². The zero-order chi connectivity index (χ0) is 39.8. The van der Waals surface area contributed by atoms with Gasteiger partial charge in [0.15, 0.2) is 6.29 Å². The molecule has 13 heteroatoms. The maximum atomic E-state index is 14.1. The van der Waals surface area contributed by atoms with Crippen molar-refractivity contribution >= 4 is 17.7 Å². The molecule has 2 aliphatic rings. The number of cyclic esters (lactones) is 1. The minimum atomic E-state index is -1.98. The van der Waals surface area contributed by atoms with Crippen molar-refractivity contribution in [1.82, 2.24) is 9.88 Å². The number of methoxy groups -OCH3 is 2. The molecule has 1 unspecified atom stereocenters. The molecule has 0 saturated carbocycles. The number of aliphatic hydroxyl groups is 2. The second kappa shape index (κ2) is 19.2. The van der Waals surface area contributed by atoms with Crippen LogP contribution in [0.2, 0.25) is 0 Å². The van der Waals surface area contributed by atoms with Crippen LogP contribution < -0.4 is 0 Å². The van der Waals surface area contributed by atoms with Crippen LogP contribution in [0.1, 0.15) is 80.3 Å². The Hall–Kier alpha value is -2.78. The number of hydrogen-bond donors (Lipinski definition) is 2. The number of nitrogens with zero attached hydrogens (tertiary/aromatic N) is 2. The van der Waals surface area contributed by atoms with E-state index in [0.717, 1.165) is 0 Å². The number of ketones is 1. The largest absolute Gasteiger partial charge is 0.461 e. The molecule has 0 bridgehead atoms. The van der Waals surface area contributed by atoms with Gasteiger partial charge in [-0.1, -0.05) is 39.8 Å². The lowest BCUT2D eigenvalue weighted by atomic mass is 9.74. The summed E-state index contributed by atoms with van der Waals surface area (Å²) in [5, 5.41) is 23.0. The number of rotatable bonds is 11. The number of likely N-dealkylation sites (N-methyl/N-ethyl adjacent to an activating group) is 1. The first-order valence-electron chi connectivity index (χ1n) is 18.8. The molecule has 0 radical (unpaired) electrons. The number of pyridine rings is 1. The lowest BCUT2D eigenvalue weighted by Crippen LogP contribution is -2.61. The first-order valence-corrected chi connectivity index (χ1v) is 18.8. The van der Waals surface area contributed by atoms with Crippen molar-refractivity contribution in [2.45, 2.75) is 141 Å². The normalized spacial score (nSPS) is 39.2. The molecule has 3 heterocycles. The van der Waals surface area contributed by atoms with Gasteiger partial charge in [-0.25, -0.2) is 0 Å². The molecule has 2 fully saturated rings. The Morgan fingerprint density at radius 2 is 1.79 bits per heavy atom. The molecule has 3 rings (SSSR count). The standard InChI is InChI=1S/C40H64N2O11/c1-13-19-42(10)29-20-24(4)50-38(34(29)48-11)53-36-26(6)33(52-31(43)21-28-17-15-16-18-41-28)27(7)37(46)51-30(14-2)40(9,47)35(45)25(5)32(44)23(3)22-39(36,8)49-12/h13,15-18,23-27,29-30,33-36,38,45,47H,1,14,19-22H2,2-12H3/t23-,24+,25-,26+,27-,29-,30-,33+,34+,35-,36-,38?,39-,40-/m1/s1. The van der Waals surface area contributed by atoms with Gasteiger partial charge in [-0.3, -0.25) is 24.3 Å². The second-order valence-electron chi connectivity index (χ2n) is 15.5. The number of aromatic nitrogens is 1. The molecule has 0 spiro atoms. The van der Waals surface area contributed by atoms with Crippen LogP contribution in [0.15, 0.2) is 37.1 Å². The number of carbonyl (C=O) groups excluding carboxylic acids is 3. The molecule has 1 aromatic heterocycles. The molecular weight excluding hydrogens is 684 g/mol. The summed E-state index contributed by atoms with van der Waals surface area (Å²) < 4.78 is 37.8. The first-order chi connectivity index (χ1) is 24.9. The maximum Gasteiger partial charge on any atom is 0.312 e. The molecule has 0 aliphatic carbocycles. The van der Waals surface area contributed by atoms with Gasteiger partial charge < -0.3 is 38.6 Å². The van der Waals surface area contributed by atoms with Crippen molar-refractivity contribution < 1.29 is 53.0 Å². The van der Waals surface area contributed by atoms with Crippen LogP contribution in [0.25, 0.3) is 0 Å². The third kappa shape index (κ3) is 10.5. The third-order valence-corrected chi connectivity index (χ3v) is 11.4. The molecule has 14 atom stereocenters. The third-order valence-electron chi connectivity index (χ3n) is 11.4. The van der Waals surface area contributed by atoms with E-state index >= 15 is 0 Å². The van der Waals surface area contributed by atoms with Gasteiger partial charge in [0.05, 0.1) is 41.9 Å². The highest BCUT2D eigenvalue weighted by Crippen LogP contribution is 2.40. The monoisotopic (exact) mass is 748 g/mol. The van der Waals surface area contributed by atoms with Crippen molar-refractivity contribution in [3.8, 4) is 0 Å². The average Bonchev–Trinajstić information content (AvgIpc) is 3.12. The number of ether oxygens (including phenoxy) is 6. The Labute approximate surface area is 315 Å². The molecule has 2 N–H and O–H groups in total. The fourth-order valence-electron chi connectivity index (χ4n) is 8.14. The van der Waals surface area contributed by atoms with Crippen LogP contribution in [-0.2, 0) is 49.2 Å². The Morgan fingerprint density at radius 1 is 1.11 bits per heavy atom. The maximum absolute atomic E-state index is 14.1. The Kier molecular flexibility index (Phi) is 16.2. The van der Waals surface area contributed by atoms with Gasteiger partial charge in [-0.05, 0) is 66.1 Å². The Bertz CT molecular complexity index is 1360. The smallest absolute Gasteiger partial charge is 0.312 e. The number of aliphatic hydroxyl groups excluding tert-OH is 1. The average molecular weight is 749 g/mol. The van der Waals surface area contributed by atoms with Gasteiger partial charge in [0.1, 0.15) is 29.7 Å². The Morgan fingerprint density at radius 3 is 2.36 bits per heavy atom. The fraction of sp³-hybridized carbons (Fsp3) is 0.750. The van der Waals surface area contributed by atoms with E-state index in [1.807, 2.05) is 20.0 Å². The summed E-state index contributed by atoms with van der Waals surface area (Å²) in [5.74, 6) is -5.28. The van der Waals surface area contributed by atoms with Crippen molar-refractivity contribution in [3.63, 3.8) is 0 Å². The molecule has 0 aromatic carbocycles. The second-order valence-corrected chi connectivity index (χ2v) is 15.5. The SMILES string of the molecule is C=CCN(C)[C@@H]1C[C@H](C)OC(O[C@@H]2[C@@H](C)[C@H](OC(=O)Cc3ccccn3)[C@@H](C)C(=O)O[C@H](CC)[C@@](C)(O)[C@H](O)[C@H](C)C(=O)[C@H](C)C[C@@]2(C)OC)[C@H]1OC. The first kappa shape index (κ1) is 44.6. The van der Waals surface area contributed by atoms with Crippen molar-refractivity contribution in [2.24, 2.45) is 23.7 Å². The van der Waals surface area contributed by atoms with Gasteiger partial charge >= 0.3 is 11.9 Å². The van der Waals surface area contributed by atoms with Crippen LogP contribution in [0.4, 0.5) is 0 Å². The van der Waals surface area contributed by atoms with E-state index in [0.29, 0.717) is 18.7 Å². The fourth-order valence-corrected chi connectivity index (χ4v) is 8.14. The van der Waals surface area contributed by atoms with E-state index in [2.05, 4.69) is 16.5 Å². The minimum Gasteiger partial charge on any atom is -0.461 e. The van der Waals surface area contributed by atoms with E-state index in [1.165, 1.54) is 14.0 Å². The number of carbonyl (C=O) groups is 3. The Balaban J connectivity index is 2.21. The molecule has 2 saturated heterocycles. The predicted octanol–water partition coefficient (Wildman–Crippen LogP) is 3.91. The number of esters is 2. The molecule has 2 aliphatic heterocycles. The highest BCUT2D eigenvalue weighted by molar-refractivity contribution is 5.83. The summed E-state index contributed by atoms with van der Waals surface area (Å²) in [7, 11) is 5.08. The quantitative estimate of drug-likeness (QED) is 0.248. The zero-order valence-electron chi connectivity index (χ0n) is 33.5. The number of hydrogen-bond acceptors (Lipinski definition) is 13. The van der Waals surface area contributed by atoms with Crippen LogP contribution in [0.3, 0.4) is 0 Å². The minimum absolute atomic E-state index is 0.112. The summed E-state index contributed by atoms with van der Waals surface area (Å²) in [5.41, 5.74) is -2.75. The molecule has 300 valence electrons. The predicted molar refractivity (Wildman–Crippen MR) is 198 cm³/mol. The lowest BCUT2D eigenvalue weighted by molar-refractivity contribution is -0.305. The lowest BCUT2D eigenvalue weighted by Gasteiger charge is -2.49. The molecule has 13 nitrogen and oxygen atoms in total. The van der Waals surface area contributed by atoms with Gasteiger partial charge in [0, 0.05) is 50.8 Å².